The molecule has 0 fully saturated rings. The highest BCUT2D eigenvalue weighted by Crippen LogP contribution is 2.45. The molecule has 4 N–H and O–H groups in total. The van der Waals surface area contributed by atoms with E-state index in [9.17, 15) is 14.3 Å². The van der Waals surface area contributed by atoms with Crippen molar-refractivity contribution in [3.63, 3.8) is 0 Å². The van der Waals surface area contributed by atoms with Gasteiger partial charge in [0.05, 0.1) is 47.4 Å². The first-order valence-electron chi connectivity index (χ1n) is 11.1. The third kappa shape index (κ3) is 6.60. The van der Waals surface area contributed by atoms with E-state index in [4.69, 9.17) is 19.9 Å². The number of carbonyl (C=O) groups is 1. The summed E-state index contributed by atoms with van der Waals surface area (Å²) in [4.78, 5) is 26.4. The second-order valence-electron chi connectivity index (χ2n) is 8.17. The molecule has 2 aromatic rings. The van der Waals surface area contributed by atoms with Crippen molar-refractivity contribution in [1.82, 2.24) is 9.57 Å². The second kappa shape index (κ2) is 12.6. The highest BCUT2D eigenvalue weighted by atomic mass is 79.9. The number of hydrogen-bond acceptors (Lipinski definition) is 7. The first-order chi connectivity index (χ1) is 16.9. The molecule has 2 aromatic carbocycles. The molecule has 0 aliphatic heterocycles. The van der Waals surface area contributed by atoms with Gasteiger partial charge in [-0.2, -0.15) is 0 Å². The third-order valence-electron chi connectivity index (χ3n) is 5.37. The van der Waals surface area contributed by atoms with Gasteiger partial charge in [0.15, 0.2) is 0 Å². The van der Waals surface area contributed by atoms with Gasteiger partial charge in [-0.1, -0.05) is 6.58 Å². The molecule has 0 bridgehead atoms. The summed E-state index contributed by atoms with van der Waals surface area (Å²) in [5.41, 5.74) is 6.89. The lowest BCUT2D eigenvalue weighted by Crippen LogP contribution is -2.30. The SMILES string of the molecule is C=C(N)c1c(OC)cc(OC)c(Br)c1NC(=O)c1cc(P(=O)(O)N(C)CCN(C)C)ccc1OCC. The lowest BCUT2D eigenvalue weighted by atomic mass is 10.1. The van der Waals surface area contributed by atoms with E-state index in [0.717, 1.165) is 0 Å². The number of nitrogens with one attached hydrogen (secondary N) is 1. The number of hydrogen-bond donors (Lipinski definition) is 3. The maximum Gasteiger partial charge on any atom is 0.299 e. The van der Waals surface area contributed by atoms with Crippen LogP contribution in [0.15, 0.2) is 35.3 Å². The number of amides is 1. The predicted octanol–water partition coefficient (Wildman–Crippen LogP) is 3.35. The first kappa shape index (κ1) is 29.7. The van der Waals surface area contributed by atoms with Gasteiger partial charge in [-0.15, -0.1) is 0 Å². The number of rotatable bonds is 12. The standard InChI is InChI=1S/C24H34BrN4O6P/c1-8-35-18-10-9-16(36(31,32)29(5)12-11-28(3)4)13-17(18)24(30)27-23-21(15(2)26)19(33-6)14-20(34-7)22(23)25/h9-10,13-14H,2,8,11-12,26H2,1,3-7H3,(H,27,30)(H,31,32). The fourth-order valence-corrected chi connectivity index (χ4v) is 5.27. The molecule has 1 amide bonds. The van der Waals surface area contributed by atoms with Crippen molar-refractivity contribution in [2.24, 2.45) is 5.73 Å². The Morgan fingerprint density at radius 3 is 2.31 bits per heavy atom. The number of anilines is 1. The van der Waals surface area contributed by atoms with Crippen LogP contribution in [0.4, 0.5) is 5.69 Å². The van der Waals surface area contributed by atoms with Crippen LogP contribution in [0, 0.1) is 0 Å². The minimum atomic E-state index is -3.95. The number of halogens is 1. The van der Waals surface area contributed by atoms with E-state index in [-0.39, 0.29) is 28.0 Å². The maximum atomic E-state index is 13.5. The zero-order chi connectivity index (χ0) is 27.2. The predicted molar refractivity (Wildman–Crippen MR) is 147 cm³/mol. The number of nitrogens with zero attached hydrogens (tertiary/aromatic N) is 2. The molecule has 0 aromatic heterocycles. The largest absolute Gasteiger partial charge is 0.496 e. The second-order valence-corrected chi connectivity index (χ2v) is 11.2. The maximum absolute atomic E-state index is 13.5. The topological polar surface area (TPSA) is 127 Å². The summed E-state index contributed by atoms with van der Waals surface area (Å²) in [6.07, 6.45) is 0. The Morgan fingerprint density at radius 2 is 1.78 bits per heavy atom. The van der Waals surface area contributed by atoms with Gasteiger partial charge >= 0.3 is 0 Å². The molecule has 12 heteroatoms. The Labute approximate surface area is 220 Å². The summed E-state index contributed by atoms with van der Waals surface area (Å²) < 4.78 is 31.6. The van der Waals surface area contributed by atoms with Crippen molar-refractivity contribution < 1.29 is 28.5 Å². The van der Waals surface area contributed by atoms with Crippen molar-refractivity contribution >= 4 is 46.0 Å². The van der Waals surface area contributed by atoms with Crippen molar-refractivity contribution in [3.8, 4) is 17.2 Å². The minimum Gasteiger partial charge on any atom is -0.496 e. The molecule has 0 saturated carbocycles. The average Bonchev–Trinajstić information content (AvgIpc) is 2.83. The molecule has 36 heavy (non-hydrogen) atoms. The van der Waals surface area contributed by atoms with Crippen LogP contribution in [-0.2, 0) is 4.57 Å². The van der Waals surface area contributed by atoms with Crippen LogP contribution in [0.1, 0.15) is 22.8 Å². The summed E-state index contributed by atoms with van der Waals surface area (Å²) in [6.45, 7) is 6.81. The van der Waals surface area contributed by atoms with Crippen LogP contribution in [0.5, 0.6) is 17.2 Å². The highest BCUT2D eigenvalue weighted by molar-refractivity contribution is 9.10. The lowest BCUT2D eigenvalue weighted by Gasteiger charge is -2.25. The Hall–Kier alpha value is -2.56. The molecule has 1 unspecified atom stereocenters. The summed E-state index contributed by atoms with van der Waals surface area (Å²) in [7, 11) is 4.31. The van der Waals surface area contributed by atoms with Crippen molar-refractivity contribution in [2.45, 2.75) is 6.92 Å². The summed E-state index contributed by atoms with van der Waals surface area (Å²) in [6, 6.07) is 5.99. The van der Waals surface area contributed by atoms with Crippen molar-refractivity contribution in [1.29, 1.82) is 0 Å². The molecule has 0 aliphatic carbocycles. The van der Waals surface area contributed by atoms with E-state index in [0.29, 0.717) is 41.2 Å². The third-order valence-corrected chi connectivity index (χ3v) is 8.24. The molecule has 10 nitrogen and oxygen atoms in total. The van der Waals surface area contributed by atoms with Crippen LogP contribution in [0.2, 0.25) is 0 Å². The number of nitrogens with two attached hydrogens (primary N) is 1. The zero-order valence-corrected chi connectivity index (χ0v) is 23.9. The first-order valence-corrected chi connectivity index (χ1v) is 13.5. The molecule has 0 heterocycles. The smallest absolute Gasteiger partial charge is 0.299 e. The van der Waals surface area contributed by atoms with Gasteiger partial charge in [0.2, 0.25) is 0 Å². The van der Waals surface area contributed by atoms with Gasteiger partial charge in [-0.05, 0) is 62.2 Å². The van der Waals surface area contributed by atoms with Crippen LogP contribution in [-0.4, -0.2) is 75.4 Å². The summed E-state index contributed by atoms with van der Waals surface area (Å²) in [5.74, 6) is 0.413. The number of carbonyl (C=O) groups excluding carboxylic acids is 1. The monoisotopic (exact) mass is 584 g/mol. The Bertz CT molecular complexity index is 1170. The number of ether oxygens (including phenoxy) is 3. The van der Waals surface area contributed by atoms with E-state index in [1.54, 1.807) is 20.0 Å². The van der Waals surface area contributed by atoms with E-state index in [1.807, 2.05) is 19.0 Å². The van der Waals surface area contributed by atoms with E-state index in [1.165, 1.54) is 37.1 Å². The molecular weight excluding hydrogens is 551 g/mol. The van der Waals surface area contributed by atoms with Gasteiger partial charge in [0.25, 0.3) is 13.4 Å². The highest BCUT2D eigenvalue weighted by Gasteiger charge is 2.30. The summed E-state index contributed by atoms with van der Waals surface area (Å²) in [5, 5.41) is 2.91. The van der Waals surface area contributed by atoms with Crippen LogP contribution >= 0.6 is 23.4 Å². The van der Waals surface area contributed by atoms with Crippen LogP contribution < -0.4 is 30.6 Å². The number of methoxy groups -OCH3 is 2. The molecule has 1 atom stereocenters. The van der Waals surface area contributed by atoms with Gasteiger partial charge in [0.1, 0.15) is 17.2 Å². The van der Waals surface area contributed by atoms with E-state index >= 15 is 0 Å². The minimum absolute atomic E-state index is 0.0758. The Morgan fingerprint density at radius 1 is 1.14 bits per heavy atom. The lowest BCUT2D eigenvalue weighted by molar-refractivity contribution is 0.102. The average molecular weight is 585 g/mol. The molecule has 198 valence electrons. The van der Waals surface area contributed by atoms with Crippen LogP contribution in [0.3, 0.4) is 0 Å². The Balaban J connectivity index is 2.59. The normalized spacial score (nSPS) is 12.8. The quantitative estimate of drug-likeness (QED) is 0.322. The molecule has 0 spiro atoms. The van der Waals surface area contributed by atoms with E-state index < -0.39 is 13.4 Å². The van der Waals surface area contributed by atoms with Crippen LogP contribution in [0.25, 0.3) is 5.70 Å². The van der Waals surface area contributed by atoms with Crippen molar-refractivity contribution in [2.75, 3.05) is 60.4 Å². The molecule has 2 rings (SSSR count). The number of likely N-dealkylation sites (N-methyl/N-ethyl adjacent to an activating group) is 2. The van der Waals surface area contributed by atoms with E-state index in [2.05, 4.69) is 27.8 Å². The molecule has 0 saturated heterocycles. The fraction of sp³-hybridized carbons (Fsp3) is 0.375. The zero-order valence-electron chi connectivity index (χ0n) is 21.4. The molecule has 0 aliphatic rings. The van der Waals surface area contributed by atoms with Crippen molar-refractivity contribution in [3.05, 3.63) is 46.4 Å². The fourth-order valence-electron chi connectivity index (χ4n) is 3.37. The van der Waals surface area contributed by atoms with Gasteiger partial charge in [0, 0.05) is 24.9 Å². The van der Waals surface area contributed by atoms with Gasteiger partial charge < -0.3 is 35.1 Å². The number of benzene rings is 2. The summed E-state index contributed by atoms with van der Waals surface area (Å²) >= 11 is 3.45. The van der Waals surface area contributed by atoms with Gasteiger partial charge in [-0.3, -0.25) is 9.36 Å². The molecular formula is C24H34BrN4O6P. The Kier molecular flexibility index (Phi) is 10.4. The molecule has 0 radical (unpaired) electrons. The van der Waals surface area contributed by atoms with Gasteiger partial charge in [-0.25, -0.2) is 4.67 Å².